The zero-order valence-electron chi connectivity index (χ0n) is 15.6. The van der Waals surface area contributed by atoms with Gasteiger partial charge >= 0.3 is 0 Å². The number of aryl methyl sites for hydroxylation is 2. The zero-order chi connectivity index (χ0) is 18.5. The molecule has 0 aliphatic carbocycles. The highest BCUT2D eigenvalue weighted by Crippen LogP contribution is 2.25. The molecule has 2 aromatic carbocycles. The number of anilines is 1. The van der Waals surface area contributed by atoms with E-state index in [0.29, 0.717) is 0 Å². The van der Waals surface area contributed by atoms with Crippen LogP contribution < -0.4 is 4.90 Å². The minimum Gasteiger partial charge on any atom is -0.372 e. The van der Waals surface area contributed by atoms with Gasteiger partial charge < -0.3 is 4.90 Å². The third-order valence-corrected chi connectivity index (χ3v) is 5.31. The van der Waals surface area contributed by atoms with Crippen LogP contribution in [-0.2, 0) is 12.8 Å². The van der Waals surface area contributed by atoms with Gasteiger partial charge in [0.05, 0.1) is 0 Å². The molecule has 0 unspecified atom stereocenters. The maximum absolute atomic E-state index is 13.3. The quantitative estimate of drug-likeness (QED) is 0.583. The summed E-state index contributed by atoms with van der Waals surface area (Å²) in [4.78, 5) is 7.07. The lowest BCUT2D eigenvalue weighted by Crippen LogP contribution is -2.29. The van der Waals surface area contributed by atoms with Crippen molar-refractivity contribution in [2.24, 2.45) is 0 Å². The Kier molecular flexibility index (Phi) is 5.47. The maximum atomic E-state index is 13.3. The van der Waals surface area contributed by atoms with Gasteiger partial charge in [0.2, 0.25) is 0 Å². The predicted molar refractivity (Wildman–Crippen MR) is 110 cm³/mol. The fourth-order valence-corrected chi connectivity index (χ4v) is 3.72. The van der Waals surface area contributed by atoms with Crippen LogP contribution in [0, 0.1) is 5.82 Å². The van der Waals surface area contributed by atoms with Crippen LogP contribution in [0.4, 0.5) is 10.1 Å². The first kappa shape index (κ1) is 17.7. The van der Waals surface area contributed by atoms with Gasteiger partial charge in [-0.05, 0) is 73.6 Å². The number of nitrogens with zero attached hydrogens (tertiary/aromatic N) is 2. The third-order valence-electron chi connectivity index (χ3n) is 5.31. The second kappa shape index (κ2) is 8.34. The Morgan fingerprint density at radius 1 is 0.815 bits per heavy atom. The van der Waals surface area contributed by atoms with Gasteiger partial charge in [-0.15, -0.1) is 0 Å². The fraction of sp³-hybridized carbons (Fsp3) is 0.292. The topological polar surface area (TPSA) is 16.1 Å². The van der Waals surface area contributed by atoms with E-state index in [1.54, 1.807) is 12.1 Å². The smallest absolute Gasteiger partial charge is 0.123 e. The summed E-state index contributed by atoms with van der Waals surface area (Å²) in [6.45, 7) is 2.34. The van der Waals surface area contributed by atoms with Crippen LogP contribution >= 0.6 is 0 Å². The number of benzene rings is 2. The van der Waals surface area contributed by atoms with E-state index in [-0.39, 0.29) is 5.82 Å². The van der Waals surface area contributed by atoms with Gasteiger partial charge in [0.1, 0.15) is 5.82 Å². The number of halogens is 1. The molecular formula is C24H25FN2. The zero-order valence-corrected chi connectivity index (χ0v) is 15.6. The number of rotatable bonds is 5. The first-order chi connectivity index (χ1) is 13.3. The minimum absolute atomic E-state index is 0.177. The van der Waals surface area contributed by atoms with Crippen molar-refractivity contribution in [3.05, 3.63) is 83.9 Å². The molecule has 1 aliphatic rings. The van der Waals surface area contributed by atoms with Gasteiger partial charge in [0, 0.05) is 36.2 Å². The first-order valence-corrected chi connectivity index (χ1v) is 9.83. The monoisotopic (exact) mass is 360 g/mol. The van der Waals surface area contributed by atoms with E-state index in [2.05, 4.69) is 46.3 Å². The number of hydrogen-bond acceptors (Lipinski definition) is 2. The van der Waals surface area contributed by atoms with Crippen molar-refractivity contribution in [2.45, 2.75) is 32.1 Å². The van der Waals surface area contributed by atoms with Gasteiger partial charge in [0.25, 0.3) is 0 Å². The fourth-order valence-electron chi connectivity index (χ4n) is 3.72. The molecule has 138 valence electrons. The van der Waals surface area contributed by atoms with Crippen molar-refractivity contribution in [3.63, 3.8) is 0 Å². The summed E-state index contributed by atoms with van der Waals surface area (Å²) >= 11 is 0. The van der Waals surface area contributed by atoms with E-state index < -0.39 is 0 Å². The molecule has 0 spiro atoms. The largest absolute Gasteiger partial charge is 0.372 e. The van der Waals surface area contributed by atoms with Crippen LogP contribution in [-0.4, -0.2) is 18.1 Å². The lowest BCUT2D eigenvalue weighted by atomic mass is 10.0. The Bertz CT molecular complexity index is 866. The third kappa shape index (κ3) is 4.54. The highest BCUT2D eigenvalue weighted by atomic mass is 19.1. The number of aromatic nitrogens is 1. The molecule has 0 amide bonds. The van der Waals surface area contributed by atoms with Crippen LogP contribution in [0.15, 0.2) is 66.9 Å². The Balaban J connectivity index is 1.39. The summed E-state index contributed by atoms with van der Waals surface area (Å²) in [5.74, 6) is -0.177. The number of hydrogen-bond donors (Lipinski definition) is 0. The molecule has 3 heteroatoms. The Morgan fingerprint density at radius 2 is 1.59 bits per heavy atom. The summed E-state index contributed by atoms with van der Waals surface area (Å²) < 4.78 is 13.3. The molecule has 1 fully saturated rings. The summed E-state index contributed by atoms with van der Waals surface area (Å²) in [5, 5.41) is 0. The highest BCUT2D eigenvalue weighted by molar-refractivity contribution is 5.65. The lowest BCUT2D eigenvalue weighted by molar-refractivity contribution is 0.578. The van der Waals surface area contributed by atoms with E-state index >= 15 is 0 Å². The molecule has 3 aromatic rings. The van der Waals surface area contributed by atoms with Gasteiger partial charge in [-0.25, -0.2) is 4.39 Å². The van der Waals surface area contributed by atoms with Crippen molar-refractivity contribution in [1.82, 2.24) is 4.98 Å². The second-order valence-electron chi connectivity index (χ2n) is 7.26. The molecule has 0 radical (unpaired) electrons. The first-order valence-electron chi connectivity index (χ1n) is 9.83. The molecule has 0 atom stereocenters. The summed E-state index contributed by atoms with van der Waals surface area (Å²) in [6, 6.07) is 19.8. The maximum Gasteiger partial charge on any atom is 0.123 e. The Labute approximate surface area is 160 Å². The van der Waals surface area contributed by atoms with E-state index in [1.165, 1.54) is 49.7 Å². The van der Waals surface area contributed by atoms with Crippen molar-refractivity contribution in [2.75, 3.05) is 18.0 Å². The molecule has 1 aliphatic heterocycles. The Hall–Kier alpha value is -2.68. The van der Waals surface area contributed by atoms with Crippen molar-refractivity contribution >= 4 is 5.69 Å². The van der Waals surface area contributed by atoms with E-state index in [0.717, 1.165) is 29.7 Å². The molecule has 0 saturated carbocycles. The minimum atomic E-state index is -0.177. The van der Waals surface area contributed by atoms with Crippen LogP contribution in [0.2, 0.25) is 0 Å². The Morgan fingerprint density at radius 3 is 2.30 bits per heavy atom. The standard InChI is InChI=1S/C24H25FN2/c25-22-6-4-5-19(17-22)7-11-23-12-8-21(18-26-23)20-9-13-24(14-10-20)27-15-2-1-3-16-27/h4-6,8-10,12-14,17-18H,1-3,7,11,15-16H2. The normalized spacial score (nSPS) is 14.3. The molecule has 0 bridgehead atoms. The van der Waals surface area contributed by atoms with E-state index in [9.17, 15) is 4.39 Å². The molecule has 1 aromatic heterocycles. The lowest BCUT2D eigenvalue weighted by Gasteiger charge is -2.28. The van der Waals surface area contributed by atoms with Crippen molar-refractivity contribution in [1.29, 1.82) is 0 Å². The molecule has 2 heterocycles. The van der Waals surface area contributed by atoms with Gasteiger partial charge in [-0.3, -0.25) is 4.98 Å². The molecule has 4 rings (SSSR count). The average Bonchev–Trinajstić information content (AvgIpc) is 2.74. The van der Waals surface area contributed by atoms with Gasteiger partial charge in [0.15, 0.2) is 0 Å². The summed E-state index contributed by atoms with van der Waals surface area (Å²) in [5.41, 5.74) is 5.69. The second-order valence-corrected chi connectivity index (χ2v) is 7.26. The van der Waals surface area contributed by atoms with Crippen molar-refractivity contribution < 1.29 is 4.39 Å². The van der Waals surface area contributed by atoms with E-state index in [1.807, 2.05) is 12.3 Å². The predicted octanol–water partition coefficient (Wildman–Crippen LogP) is 5.66. The number of piperidine rings is 1. The van der Waals surface area contributed by atoms with Crippen LogP contribution in [0.25, 0.3) is 11.1 Å². The van der Waals surface area contributed by atoms with E-state index in [4.69, 9.17) is 0 Å². The SMILES string of the molecule is Fc1cccc(CCc2ccc(-c3ccc(N4CCCCC4)cc3)cn2)c1. The van der Waals surface area contributed by atoms with Crippen molar-refractivity contribution in [3.8, 4) is 11.1 Å². The molecule has 27 heavy (non-hydrogen) atoms. The summed E-state index contributed by atoms with van der Waals surface area (Å²) in [6.07, 6.45) is 7.50. The molecule has 0 N–H and O–H groups in total. The van der Waals surface area contributed by atoms with Gasteiger partial charge in [-0.1, -0.05) is 30.3 Å². The molecule has 2 nitrogen and oxygen atoms in total. The molecular weight excluding hydrogens is 335 g/mol. The number of pyridine rings is 1. The van der Waals surface area contributed by atoms with Crippen LogP contribution in [0.5, 0.6) is 0 Å². The van der Waals surface area contributed by atoms with Crippen LogP contribution in [0.1, 0.15) is 30.5 Å². The van der Waals surface area contributed by atoms with Crippen LogP contribution in [0.3, 0.4) is 0 Å². The molecule has 1 saturated heterocycles. The van der Waals surface area contributed by atoms with Gasteiger partial charge in [-0.2, -0.15) is 0 Å². The average molecular weight is 360 g/mol. The highest BCUT2D eigenvalue weighted by Gasteiger charge is 2.10. The summed E-state index contributed by atoms with van der Waals surface area (Å²) in [7, 11) is 0.